The first-order chi connectivity index (χ1) is 10.9. The smallest absolute Gasteiger partial charge is 0.307 e. The minimum absolute atomic E-state index is 0.137. The van der Waals surface area contributed by atoms with Crippen LogP contribution in [0.4, 0.5) is 5.69 Å². The first-order valence-corrected chi connectivity index (χ1v) is 7.52. The Kier molecular flexibility index (Phi) is 5.16. The lowest BCUT2D eigenvalue weighted by Crippen LogP contribution is -2.16. The molecule has 0 aliphatic heterocycles. The number of anilines is 1. The summed E-state index contributed by atoms with van der Waals surface area (Å²) >= 11 is 0. The quantitative estimate of drug-likeness (QED) is 0.858. The molecule has 1 aromatic heterocycles. The molecule has 0 spiro atoms. The first kappa shape index (κ1) is 16.7. The van der Waals surface area contributed by atoms with Gasteiger partial charge in [0.15, 0.2) is 0 Å². The highest BCUT2D eigenvalue weighted by Gasteiger charge is 2.16. The minimum atomic E-state index is -0.937. The van der Waals surface area contributed by atoms with Gasteiger partial charge < -0.3 is 10.4 Å². The number of para-hydroxylation sites is 1. The van der Waals surface area contributed by atoms with Crippen molar-refractivity contribution < 1.29 is 14.7 Å². The van der Waals surface area contributed by atoms with Crippen molar-refractivity contribution in [1.82, 2.24) is 9.78 Å². The summed E-state index contributed by atoms with van der Waals surface area (Å²) in [6.45, 7) is 6.77. The van der Waals surface area contributed by atoms with E-state index in [-0.39, 0.29) is 12.3 Å². The number of benzene rings is 1. The van der Waals surface area contributed by atoms with Gasteiger partial charge in [0.2, 0.25) is 0 Å². The zero-order valence-electron chi connectivity index (χ0n) is 13.5. The molecular formula is C17H21N3O3. The van der Waals surface area contributed by atoms with E-state index in [1.54, 1.807) is 30.5 Å². The summed E-state index contributed by atoms with van der Waals surface area (Å²) in [5.41, 5.74) is 2.37. The van der Waals surface area contributed by atoms with Crippen LogP contribution >= 0.6 is 0 Å². The summed E-state index contributed by atoms with van der Waals surface area (Å²) in [4.78, 5) is 23.4. The molecule has 0 radical (unpaired) electrons. The molecule has 1 aromatic carbocycles. The Labute approximate surface area is 135 Å². The molecule has 23 heavy (non-hydrogen) atoms. The normalized spacial score (nSPS) is 10.8. The van der Waals surface area contributed by atoms with Gasteiger partial charge in [-0.2, -0.15) is 5.10 Å². The Bertz CT molecular complexity index is 720. The van der Waals surface area contributed by atoms with Crippen LogP contribution in [0.25, 0.3) is 0 Å². The fraction of sp³-hybridized carbons (Fsp3) is 0.353. The van der Waals surface area contributed by atoms with Crippen LogP contribution in [-0.2, 0) is 17.8 Å². The average molecular weight is 315 g/mol. The summed E-state index contributed by atoms with van der Waals surface area (Å²) in [6.07, 6.45) is 1.41. The van der Waals surface area contributed by atoms with Gasteiger partial charge in [0.05, 0.1) is 18.2 Å². The molecule has 0 aliphatic rings. The summed E-state index contributed by atoms with van der Waals surface area (Å²) in [6, 6.07) is 6.90. The Hall–Kier alpha value is -2.63. The second-order valence-corrected chi connectivity index (χ2v) is 5.90. The van der Waals surface area contributed by atoms with E-state index in [4.69, 9.17) is 5.11 Å². The highest BCUT2D eigenvalue weighted by Crippen LogP contribution is 2.18. The maximum absolute atomic E-state index is 12.5. The molecule has 0 bridgehead atoms. The third-order valence-corrected chi connectivity index (χ3v) is 3.49. The van der Waals surface area contributed by atoms with Gasteiger partial charge in [-0.15, -0.1) is 0 Å². The fourth-order valence-corrected chi connectivity index (χ4v) is 2.35. The molecule has 2 rings (SSSR count). The van der Waals surface area contributed by atoms with Crippen LogP contribution in [0.1, 0.15) is 35.5 Å². The molecule has 1 amide bonds. The van der Waals surface area contributed by atoms with E-state index in [2.05, 4.69) is 24.3 Å². The number of nitrogens with one attached hydrogen (secondary N) is 1. The maximum atomic E-state index is 12.5. The van der Waals surface area contributed by atoms with Crippen LogP contribution < -0.4 is 5.32 Å². The Balaban J connectivity index is 2.20. The highest BCUT2D eigenvalue weighted by atomic mass is 16.4. The lowest BCUT2D eigenvalue weighted by molar-refractivity contribution is -0.136. The Morgan fingerprint density at radius 1 is 1.30 bits per heavy atom. The molecular weight excluding hydrogens is 294 g/mol. The van der Waals surface area contributed by atoms with E-state index in [1.165, 1.54) is 0 Å². The lowest BCUT2D eigenvalue weighted by Gasteiger charge is -2.10. The van der Waals surface area contributed by atoms with E-state index in [0.29, 0.717) is 22.7 Å². The number of rotatable bonds is 6. The second-order valence-electron chi connectivity index (χ2n) is 5.90. The standard InChI is InChI=1S/C17H21N3O3/c1-11(2)10-20-12(3)14(9-18-20)17(23)19-15-7-5-4-6-13(15)8-16(21)22/h4-7,9,11H,8,10H2,1-3H3,(H,19,23)(H,21,22). The van der Waals surface area contributed by atoms with Crippen LogP contribution in [0.3, 0.4) is 0 Å². The predicted octanol–water partition coefficient (Wildman–Crippen LogP) is 2.73. The van der Waals surface area contributed by atoms with Crippen LogP contribution in [0, 0.1) is 12.8 Å². The van der Waals surface area contributed by atoms with Crippen molar-refractivity contribution in [3.63, 3.8) is 0 Å². The SMILES string of the molecule is Cc1c(C(=O)Nc2ccccc2CC(=O)O)cnn1CC(C)C. The van der Waals surface area contributed by atoms with Crippen LogP contribution in [0.15, 0.2) is 30.5 Å². The molecule has 2 N–H and O–H groups in total. The topological polar surface area (TPSA) is 84.2 Å². The molecule has 0 aliphatic carbocycles. The van der Waals surface area contributed by atoms with Crippen LogP contribution in [-0.4, -0.2) is 26.8 Å². The average Bonchev–Trinajstić information content (AvgIpc) is 2.81. The minimum Gasteiger partial charge on any atom is -0.481 e. The molecule has 1 heterocycles. The number of carboxylic acids is 1. The van der Waals surface area contributed by atoms with Gasteiger partial charge in [-0.3, -0.25) is 14.3 Å². The molecule has 0 atom stereocenters. The molecule has 6 heteroatoms. The number of hydrogen-bond donors (Lipinski definition) is 2. The van der Waals surface area contributed by atoms with Gasteiger partial charge in [0.1, 0.15) is 0 Å². The number of aliphatic carboxylic acids is 1. The summed E-state index contributed by atoms with van der Waals surface area (Å²) in [5.74, 6) is -0.788. The van der Waals surface area contributed by atoms with E-state index >= 15 is 0 Å². The highest BCUT2D eigenvalue weighted by molar-refractivity contribution is 6.05. The van der Waals surface area contributed by atoms with Crippen molar-refractivity contribution in [3.05, 3.63) is 47.3 Å². The van der Waals surface area contributed by atoms with Gasteiger partial charge in [0, 0.05) is 17.9 Å². The number of carbonyl (C=O) groups is 2. The van der Waals surface area contributed by atoms with Gasteiger partial charge in [-0.25, -0.2) is 0 Å². The number of carbonyl (C=O) groups excluding carboxylic acids is 1. The van der Waals surface area contributed by atoms with Crippen molar-refractivity contribution in [3.8, 4) is 0 Å². The third kappa shape index (κ3) is 4.18. The van der Waals surface area contributed by atoms with Gasteiger partial charge >= 0.3 is 5.97 Å². The third-order valence-electron chi connectivity index (χ3n) is 3.49. The van der Waals surface area contributed by atoms with Crippen molar-refractivity contribution in [1.29, 1.82) is 0 Å². The second kappa shape index (κ2) is 7.09. The summed E-state index contributed by atoms with van der Waals surface area (Å²) in [5, 5.41) is 16.0. The molecule has 0 saturated heterocycles. The monoisotopic (exact) mass is 315 g/mol. The van der Waals surface area contributed by atoms with E-state index < -0.39 is 5.97 Å². The van der Waals surface area contributed by atoms with Gasteiger partial charge in [-0.1, -0.05) is 32.0 Å². The molecule has 0 unspecified atom stereocenters. The number of hydrogen-bond acceptors (Lipinski definition) is 3. The number of carboxylic acid groups (broad SMARTS) is 1. The van der Waals surface area contributed by atoms with E-state index in [1.807, 2.05) is 11.6 Å². The molecule has 0 fully saturated rings. The van der Waals surface area contributed by atoms with Gasteiger partial charge in [-0.05, 0) is 24.5 Å². The Morgan fingerprint density at radius 3 is 2.65 bits per heavy atom. The first-order valence-electron chi connectivity index (χ1n) is 7.52. The number of amides is 1. The van der Waals surface area contributed by atoms with Gasteiger partial charge in [0.25, 0.3) is 5.91 Å². The molecule has 0 saturated carbocycles. The number of aromatic nitrogens is 2. The fourth-order valence-electron chi connectivity index (χ4n) is 2.35. The van der Waals surface area contributed by atoms with E-state index in [0.717, 1.165) is 12.2 Å². The van der Waals surface area contributed by atoms with Crippen LogP contribution in [0.2, 0.25) is 0 Å². The van der Waals surface area contributed by atoms with E-state index in [9.17, 15) is 9.59 Å². The zero-order chi connectivity index (χ0) is 17.0. The zero-order valence-corrected chi connectivity index (χ0v) is 13.5. The summed E-state index contributed by atoms with van der Waals surface area (Å²) in [7, 11) is 0. The predicted molar refractivity (Wildman–Crippen MR) is 87.5 cm³/mol. The van der Waals surface area contributed by atoms with Crippen molar-refractivity contribution in [2.45, 2.75) is 33.7 Å². The van der Waals surface area contributed by atoms with Crippen molar-refractivity contribution >= 4 is 17.6 Å². The summed E-state index contributed by atoms with van der Waals surface area (Å²) < 4.78 is 1.81. The van der Waals surface area contributed by atoms with Crippen molar-refractivity contribution in [2.75, 3.05) is 5.32 Å². The molecule has 6 nitrogen and oxygen atoms in total. The molecule has 2 aromatic rings. The largest absolute Gasteiger partial charge is 0.481 e. The van der Waals surface area contributed by atoms with Crippen molar-refractivity contribution in [2.24, 2.45) is 5.92 Å². The lowest BCUT2D eigenvalue weighted by atomic mass is 10.1. The molecule has 122 valence electrons. The maximum Gasteiger partial charge on any atom is 0.307 e. The number of nitrogens with zero attached hydrogens (tertiary/aromatic N) is 2. The Morgan fingerprint density at radius 2 is 2.00 bits per heavy atom. The van der Waals surface area contributed by atoms with Crippen LogP contribution in [0.5, 0.6) is 0 Å².